The Balaban J connectivity index is 1.51. The summed E-state index contributed by atoms with van der Waals surface area (Å²) in [6.07, 6.45) is 2.28. The SMILES string of the molecule is Cc1ccc(CNC(=O)[C@@H]2C[C@@H](n3cnnn3)CN2)cc1. The van der Waals surface area contributed by atoms with E-state index in [0.717, 1.165) is 5.56 Å². The first kappa shape index (κ1) is 13.7. The van der Waals surface area contributed by atoms with Crippen LogP contribution in [0.5, 0.6) is 0 Å². The molecule has 2 heterocycles. The number of benzene rings is 1. The molecule has 7 heteroatoms. The van der Waals surface area contributed by atoms with Crippen molar-refractivity contribution in [1.82, 2.24) is 30.8 Å². The molecule has 3 rings (SSSR count). The molecule has 1 aliphatic rings. The number of tetrazole rings is 1. The van der Waals surface area contributed by atoms with E-state index in [1.54, 1.807) is 11.0 Å². The van der Waals surface area contributed by atoms with Crippen molar-refractivity contribution in [3.8, 4) is 0 Å². The van der Waals surface area contributed by atoms with E-state index >= 15 is 0 Å². The Morgan fingerprint density at radius 1 is 1.43 bits per heavy atom. The van der Waals surface area contributed by atoms with E-state index in [1.165, 1.54) is 5.56 Å². The van der Waals surface area contributed by atoms with E-state index in [4.69, 9.17) is 0 Å². The maximum Gasteiger partial charge on any atom is 0.237 e. The second-order valence-electron chi connectivity index (χ2n) is 5.34. The second kappa shape index (κ2) is 6.01. The van der Waals surface area contributed by atoms with Gasteiger partial charge in [0.25, 0.3) is 0 Å². The van der Waals surface area contributed by atoms with E-state index < -0.39 is 0 Å². The summed E-state index contributed by atoms with van der Waals surface area (Å²) in [4.78, 5) is 12.2. The van der Waals surface area contributed by atoms with Gasteiger partial charge in [0.1, 0.15) is 6.33 Å². The number of aromatic nitrogens is 4. The first-order valence-electron chi connectivity index (χ1n) is 7.01. The lowest BCUT2D eigenvalue weighted by Gasteiger charge is -2.11. The van der Waals surface area contributed by atoms with Crippen molar-refractivity contribution >= 4 is 5.91 Å². The normalized spacial score (nSPS) is 21.4. The number of carbonyl (C=O) groups excluding carboxylic acids is 1. The molecule has 1 aromatic heterocycles. The van der Waals surface area contributed by atoms with E-state index in [9.17, 15) is 4.79 Å². The molecule has 1 amide bonds. The molecule has 1 aliphatic heterocycles. The molecule has 7 nitrogen and oxygen atoms in total. The zero-order chi connectivity index (χ0) is 14.7. The van der Waals surface area contributed by atoms with Crippen molar-refractivity contribution in [3.63, 3.8) is 0 Å². The lowest BCUT2D eigenvalue weighted by molar-refractivity contribution is -0.123. The van der Waals surface area contributed by atoms with Crippen LogP contribution in [0.3, 0.4) is 0 Å². The number of hydrogen-bond donors (Lipinski definition) is 2. The molecule has 2 atom stereocenters. The molecule has 1 saturated heterocycles. The Morgan fingerprint density at radius 2 is 2.24 bits per heavy atom. The predicted molar refractivity (Wildman–Crippen MR) is 76.3 cm³/mol. The van der Waals surface area contributed by atoms with Gasteiger partial charge in [-0.15, -0.1) is 5.10 Å². The number of aryl methyl sites for hydroxylation is 1. The van der Waals surface area contributed by atoms with Crippen LogP contribution in [0.1, 0.15) is 23.6 Å². The maximum atomic E-state index is 12.2. The van der Waals surface area contributed by atoms with E-state index in [0.29, 0.717) is 19.5 Å². The molecule has 0 bridgehead atoms. The monoisotopic (exact) mass is 286 g/mol. The predicted octanol–water partition coefficient (Wildman–Crippen LogP) is 0.201. The number of carbonyl (C=O) groups is 1. The highest BCUT2D eigenvalue weighted by Gasteiger charge is 2.30. The summed E-state index contributed by atoms with van der Waals surface area (Å²) >= 11 is 0. The smallest absolute Gasteiger partial charge is 0.237 e. The highest BCUT2D eigenvalue weighted by atomic mass is 16.2. The Hall–Kier alpha value is -2.28. The maximum absolute atomic E-state index is 12.2. The molecule has 21 heavy (non-hydrogen) atoms. The Bertz CT molecular complexity index is 594. The lowest BCUT2D eigenvalue weighted by Crippen LogP contribution is -2.39. The zero-order valence-corrected chi connectivity index (χ0v) is 11.9. The van der Waals surface area contributed by atoms with Crippen molar-refractivity contribution in [2.75, 3.05) is 6.54 Å². The molecule has 2 aromatic rings. The topological polar surface area (TPSA) is 84.7 Å². The first-order valence-corrected chi connectivity index (χ1v) is 7.01. The Kier molecular flexibility index (Phi) is 3.92. The van der Waals surface area contributed by atoms with Crippen LogP contribution >= 0.6 is 0 Å². The van der Waals surface area contributed by atoms with Crippen molar-refractivity contribution in [2.45, 2.75) is 32.0 Å². The Labute approximate surface area is 122 Å². The van der Waals surface area contributed by atoms with Gasteiger partial charge in [-0.25, -0.2) is 4.68 Å². The van der Waals surface area contributed by atoms with Crippen LogP contribution in [0.25, 0.3) is 0 Å². The molecule has 0 spiro atoms. The highest BCUT2D eigenvalue weighted by molar-refractivity contribution is 5.82. The van der Waals surface area contributed by atoms with Crippen molar-refractivity contribution < 1.29 is 4.79 Å². The van der Waals surface area contributed by atoms with Crippen LogP contribution in [-0.4, -0.2) is 38.7 Å². The van der Waals surface area contributed by atoms with Gasteiger partial charge in [-0.3, -0.25) is 4.79 Å². The van der Waals surface area contributed by atoms with Crippen molar-refractivity contribution in [2.24, 2.45) is 0 Å². The summed E-state index contributed by atoms with van der Waals surface area (Å²) in [5.74, 6) is 0.0196. The third-order valence-corrected chi connectivity index (χ3v) is 3.75. The minimum atomic E-state index is -0.190. The van der Waals surface area contributed by atoms with E-state index in [2.05, 4.69) is 26.2 Å². The first-order chi connectivity index (χ1) is 10.2. The minimum absolute atomic E-state index is 0.0196. The molecule has 0 aliphatic carbocycles. The van der Waals surface area contributed by atoms with Crippen molar-refractivity contribution in [1.29, 1.82) is 0 Å². The molecule has 0 unspecified atom stereocenters. The fourth-order valence-corrected chi connectivity index (χ4v) is 2.47. The Morgan fingerprint density at radius 3 is 2.95 bits per heavy atom. The number of nitrogens with one attached hydrogen (secondary N) is 2. The van der Waals surface area contributed by atoms with Gasteiger partial charge in [0.2, 0.25) is 5.91 Å². The average molecular weight is 286 g/mol. The average Bonchev–Trinajstić information content (AvgIpc) is 3.17. The number of hydrogen-bond acceptors (Lipinski definition) is 5. The van der Waals surface area contributed by atoms with E-state index in [1.807, 2.05) is 31.2 Å². The number of nitrogens with zero attached hydrogens (tertiary/aromatic N) is 4. The number of amides is 1. The summed E-state index contributed by atoms with van der Waals surface area (Å²) in [5.41, 5.74) is 2.32. The highest BCUT2D eigenvalue weighted by Crippen LogP contribution is 2.18. The summed E-state index contributed by atoms with van der Waals surface area (Å²) in [5, 5.41) is 17.3. The summed E-state index contributed by atoms with van der Waals surface area (Å²) < 4.78 is 1.69. The van der Waals surface area contributed by atoms with Gasteiger partial charge >= 0.3 is 0 Å². The quantitative estimate of drug-likeness (QED) is 0.839. The van der Waals surface area contributed by atoms with Crippen LogP contribution in [0.2, 0.25) is 0 Å². The molecule has 1 fully saturated rings. The van der Waals surface area contributed by atoms with Crippen LogP contribution in [0.4, 0.5) is 0 Å². The largest absolute Gasteiger partial charge is 0.351 e. The zero-order valence-electron chi connectivity index (χ0n) is 11.9. The molecule has 0 saturated carbocycles. The van der Waals surface area contributed by atoms with Crippen LogP contribution in [0.15, 0.2) is 30.6 Å². The molecular formula is C14H18N6O. The summed E-state index contributed by atoms with van der Waals surface area (Å²) in [7, 11) is 0. The van der Waals surface area contributed by atoms with Gasteiger partial charge < -0.3 is 10.6 Å². The number of rotatable bonds is 4. The lowest BCUT2D eigenvalue weighted by atomic mass is 10.1. The second-order valence-corrected chi connectivity index (χ2v) is 5.34. The van der Waals surface area contributed by atoms with Gasteiger partial charge in [0, 0.05) is 13.1 Å². The molecular weight excluding hydrogens is 268 g/mol. The van der Waals surface area contributed by atoms with E-state index in [-0.39, 0.29) is 18.0 Å². The van der Waals surface area contributed by atoms with Crippen LogP contribution < -0.4 is 10.6 Å². The van der Waals surface area contributed by atoms with Gasteiger partial charge in [-0.2, -0.15) is 0 Å². The van der Waals surface area contributed by atoms with Gasteiger partial charge in [-0.1, -0.05) is 29.8 Å². The fourth-order valence-electron chi connectivity index (χ4n) is 2.47. The standard InChI is InChI=1S/C14H18N6O/c1-10-2-4-11(5-3-10)7-16-14(21)13-6-12(8-15-13)20-9-17-18-19-20/h2-5,9,12-13,15H,6-8H2,1H3,(H,16,21)/t12-,13+/m1/s1. The van der Waals surface area contributed by atoms with Crippen molar-refractivity contribution in [3.05, 3.63) is 41.7 Å². The molecule has 0 radical (unpaired) electrons. The molecule has 2 N–H and O–H groups in total. The molecule has 110 valence electrons. The van der Waals surface area contributed by atoms with Gasteiger partial charge in [0.15, 0.2) is 0 Å². The minimum Gasteiger partial charge on any atom is -0.351 e. The van der Waals surface area contributed by atoms with Crippen LogP contribution in [-0.2, 0) is 11.3 Å². The van der Waals surface area contributed by atoms with Gasteiger partial charge in [0.05, 0.1) is 12.1 Å². The fraction of sp³-hybridized carbons (Fsp3) is 0.429. The van der Waals surface area contributed by atoms with Crippen LogP contribution in [0, 0.1) is 6.92 Å². The third-order valence-electron chi connectivity index (χ3n) is 3.75. The third kappa shape index (κ3) is 3.25. The van der Waals surface area contributed by atoms with Gasteiger partial charge in [-0.05, 0) is 29.3 Å². The summed E-state index contributed by atoms with van der Waals surface area (Å²) in [6, 6.07) is 8.09. The molecule has 1 aromatic carbocycles. The summed E-state index contributed by atoms with van der Waals surface area (Å²) in [6.45, 7) is 3.30.